The van der Waals surface area contributed by atoms with Crippen LogP contribution in [0.2, 0.25) is 0 Å². The normalized spacial score (nSPS) is 12.0. The summed E-state index contributed by atoms with van der Waals surface area (Å²) < 4.78 is 20.7. The molecule has 0 spiro atoms. The Morgan fingerprint density at radius 1 is 0.245 bits per heavy atom. The molecule has 0 saturated carbocycles. The number of thiazole rings is 2. The highest BCUT2D eigenvalue weighted by Crippen LogP contribution is 2.47. The van der Waals surface area contributed by atoms with Crippen LogP contribution >= 0.6 is 22.7 Å². The van der Waals surface area contributed by atoms with Gasteiger partial charge in [0.2, 0.25) is 5.95 Å². The molecule has 12 nitrogen and oxygen atoms in total. The zero-order chi connectivity index (χ0) is 69.5. The van der Waals surface area contributed by atoms with Crippen molar-refractivity contribution in [1.82, 2.24) is 49.0 Å². The van der Waals surface area contributed by atoms with Crippen molar-refractivity contribution in [3.8, 4) is 112 Å². The molecule has 0 aliphatic rings. The van der Waals surface area contributed by atoms with Crippen molar-refractivity contribution in [3.63, 3.8) is 0 Å². The number of aromatic nitrogens is 10. The van der Waals surface area contributed by atoms with E-state index in [1.165, 1.54) is 10.8 Å². The quantitative estimate of drug-likeness (QED) is 0.123. The fraction of sp³-hybridized carbons (Fsp3) is 0. The van der Waals surface area contributed by atoms with Crippen LogP contribution < -0.4 is 0 Å². The third kappa shape index (κ3) is 9.73. The van der Waals surface area contributed by atoms with Crippen LogP contribution in [0.4, 0.5) is 0 Å². The van der Waals surface area contributed by atoms with Gasteiger partial charge in [-0.05, 0) is 150 Å². The second kappa shape index (κ2) is 23.8. The van der Waals surface area contributed by atoms with Crippen LogP contribution in [0.3, 0.4) is 0 Å². The summed E-state index contributed by atoms with van der Waals surface area (Å²) in [6.07, 6.45) is 0. The third-order valence-corrected chi connectivity index (χ3v) is 22.5. The smallest absolute Gasteiger partial charge is 0.238 e. The van der Waals surface area contributed by atoms with E-state index in [1.807, 2.05) is 66.7 Å². The first-order valence-electron chi connectivity index (χ1n) is 35.0. The van der Waals surface area contributed by atoms with Crippen LogP contribution in [0.1, 0.15) is 0 Å². The number of hydrogen-bond donors (Lipinski definition) is 0. The zero-order valence-corrected chi connectivity index (χ0v) is 57.8. The molecule has 0 atom stereocenters. The maximum atomic E-state index is 7.27. The zero-order valence-electron chi connectivity index (χ0n) is 56.1. The van der Waals surface area contributed by atoms with E-state index >= 15 is 0 Å². The Morgan fingerprint density at radius 3 is 1.32 bits per heavy atom. The molecule has 106 heavy (non-hydrogen) atoms. The molecule has 8 aromatic heterocycles. The molecule has 0 unspecified atom stereocenters. The van der Waals surface area contributed by atoms with Crippen molar-refractivity contribution in [3.05, 3.63) is 315 Å². The standard InChI is InChI=1S/C92H52N10O2S2/c1-3-18-53(19-4-1)54-34-36-56(37-35-54)87-98-89(66-25-17-31-79-82(66)69-51-59(41-48-77(69)103-79)90-93-71-26-10-15-32-80(71)105-90)100-92(99-87)102-75-30-14-9-24-65(75)68-50-58(40-47-76(68)102)62-45-46-67(83-70-52-60(42-49-78(70)104-84(62)83)91-94-72-27-11-16-33-81(72)106-91)88-96-85(55-20-5-2-6-21-55)95-86(97-88)57-38-43-61(44-39-57)101-73-28-12-7-22-63(73)64-23-8-13-29-74(64)101/h1-52H. The van der Waals surface area contributed by atoms with E-state index in [9.17, 15) is 0 Å². The van der Waals surface area contributed by atoms with E-state index in [4.69, 9.17) is 48.7 Å². The van der Waals surface area contributed by atoms with Crippen LogP contribution in [-0.2, 0) is 0 Å². The van der Waals surface area contributed by atoms with Crippen molar-refractivity contribution in [2.45, 2.75) is 0 Å². The van der Waals surface area contributed by atoms with Crippen LogP contribution in [-0.4, -0.2) is 49.0 Å². The maximum Gasteiger partial charge on any atom is 0.238 e. The summed E-state index contributed by atoms with van der Waals surface area (Å²) in [5.41, 5.74) is 20.1. The molecule has 0 radical (unpaired) electrons. The summed E-state index contributed by atoms with van der Waals surface area (Å²) in [4.78, 5) is 42.7. The van der Waals surface area contributed by atoms with E-state index in [0.717, 1.165) is 163 Å². The predicted molar refractivity (Wildman–Crippen MR) is 432 cm³/mol. The molecular formula is C92H52N10O2S2. The van der Waals surface area contributed by atoms with Gasteiger partial charge in [-0.1, -0.05) is 182 Å². The number of nitrogens with zero attached hydrogens (tertiary/aromatic N) is 10. The van der Waals surface area contributed by atoms with Gasteiger partial charge in [0.15, 0.2) is 29.1 Å². The van der Waals surface area contributed by atoms with Crippen molar-refractivity contribution >= 4 is 131 Å². The summed E-state index contributed by atoms with van der Waals surface area (Å²) in [5, 5.41) is 9.89. The van der Waals surface area contributed by atoms with Crippen LogP contribution in [0.25, 0.3) is 220 Å². The minimum atomic E-state index is 0.463. The molecule has 22 rings (SSSR count). The van der Waals surface area contributed by atoms with Gasteiger partial charge in [-0.15, -0.1) is 22.7 Å². The minimum Gasteiger partial charge on any atom is -0.456 e. The second-order valence-electron chi connectivity index (χ2n) is 26.5. The Kier molecular flexibility index (Phi) is 13.4. The molecule has 8 heterocycles. The van der Waals surface area contributed by atoms with Crippen LogP contribution in [0, 0.1) is 0 Å². The first kappa shape index (κ1) is 59.7. The maximum absolute atomic E-state index is 7.27. The van der Waals surface area contributed by atoms with Crippen molar-refractivity contribution in [1.29, 1.82) is 0 Å². The van der Waals surface area contributed by atoms with Gasteiger partial charge >= 0.3 is 0 Å². The van der Waals surface area contributed by atoms with Gasteiger partial charge in [-0.25, -0.2) is 29.9 Å². The average Bonchev–Trinajstić information content (AvgIpc) is 1.56. The first-order chi connectivity index (χ1) is 52.5. The van der Waals surface area contributed by atoms with Gasteiger partial charge in [0.05, 0.1) is 42.5 Å². The summed E-state index contributed by atoms with van der Waals surface area (Å²) in [6, 6.07) is 109. The number of rotatable bonds is 11. The van der Waals surface area contributed by atoms with Gasteiger partial charge in [0.1, 0.15) is 32.3 Å². The molecule has 0 aliphatic carbocycles. The Morgan fingerprint density at radius 2 is 0.679 bits per heavy atom. The molecular weight excluding hydrogens is 1340 g/mol. The Hall–Kier alpha value is -13.9. The van der Waals surface area contributed by atoms with Gasteiger partial charge in [-0.3, -0.25) is 4.57 Å². The Bertz CT molecular complexity index is 7220. The van der Waals surface area contributed by atoms with Crippen LogP contribution in [0.15, 0.2) is 324 Å². The lowest BCUT2D eigenvalue weighted by Crippen LogP contribution is -2.06. The Labute approximate surface area is 611 Å². The lowest BCUT2D eigenvalue weighted by molar-refractivity contribution is 0.669. The largest absolute Gasteiger partial charge is 0.456 e. The lowest BCUT2D eigenvalue weighted by atomic mass is 9.96. The molecule has 0 aliphatic heterocycles. The predicted octanol–water partition coefficient (Wildman–Crippen LogP) is 24.3. The molecule has 0 N–H and O–H groups in total. The number of para-hydroxylation sites is 5. The fourth-order valence-corrected chi connectivity index (χ4v) is 17.3. The molecule has 14 heteroatoms. The van der Waals surface area contributed by atoms with Gasteiger partial charge in [0, 0.05) is 93.3 Å². The molecule has 22 aromatic rings. The summed E-state index contributed by atoms with van der Waals surface area (Å²) in [7, 11) is 0. The van der Waals surface area contributed by atoms with E-state index in [1.54, 1.807) is 22.7 Å². The average molecular weight is 1390 g/mol. The van der Waals surface area contributed by atoms with Crippen molar-refractivity contribution in [2.24, 2.45) is 0 Å². The van der Waals surface area contributed by atoms with E-state index in [-0.39, 0.29) is 0 Å². The van der Waals surface area contributed by atoms with Crippen molar-refractivity contribution in [2.75, 3.05) is 0 Å². The second-order valence-corrected chi connectivity index (χ2v) is 28.6. The minimum absolute atomic E-state index is 0.463. The van der Waals surface area contributed by atoms with Crippen molar-refractivity contribution < 1.29 is 8.83 Å². The lowest BCUT2D eigenvalue weighted by Gasteiger charge is -2.12. The fourth-order valence-electron chi connectivity index (χ4n) is 15.4. The Balaban J connectivity index is 0.720. The summed E-state index contributed by atoms with van der Waals surface area (Å²) in [5.74, 6) is 3.09. The highest BCUT2D eigenvalue weighted by atomic mass is 32.1. The number of benzene rings is 14. The highest BCUT2D eigenvalue weighted by molar-refractivity contribution is 7.22. The van der Waals surface area contributed by atoms with Gasteiger partial charge in [0.25, 0.3) is 0 Å². The summed E-state index contributed by atoms with van der Waals surface area (Å²) in [6.45, 7) is 0. The molecule has 0 amide bonds. The number of hydrogen-bond acceptors (Lipinski definition) is 12. The van der Waals surface area contributed by atoms with E-state index in [0.29, 0.717) is 46.2 Å². The van der Waals surface area contributed by atoms with E-state index < -0.39 is 0 Å². The third-order valence-electron chi connectivity index (χ3n) is 20.4. The van der Waals surface area contributed by atoms with Gasteiger partial charge in [-0.2, -0.15) is 9.97 Å². The molecule has 0 saturated heterocycles. The van der Waals surface area contributed by atoms with E-state index in [2.05, 4.69) is 258 Å². The summed E-state index contributed by atoms with van der Waals surface area (Å²) >= 11 is 3.35. The first-order valence-corrected chi connectivity index (χ1v) is 36.7. The number of furan rings is 2. The van der Waals surface area contributed by atoms with Crippen LogP contribution in [0.5, 0.6) is 0 Å². The molecule has 14 aromatic carbocycles. The topological polar surface area (TPSA) is 139 Å². The highest BCUT2D eigenvalue weighted by Gasteiger charge is 2.26. The molecule has 0 bridgehead atoms. The molecule has 494 valence electrons. The molecule has 0 fully saturated rings. The SMILES string of the molecule is c1ccc(-c2ccc(-c3nc(-c4cccc5oc6ccc(-c7nc8ccccc8s7)cc6c45)nc(-n4c5ccccc5c5cc(-c6ccc(-c7nc(-c8ccccc8)nc(-c8ccc(-n9c%10ccccc%10c%10ccccc%109)cc8)n7)c7c6oc6ccc(-c8nc9ccccc9s8)cc67)ccc54)n3)cc2)cc1. The monoisotopic (exact) mass is 1390 g/mol. The number of fused-ring (bicyclic) bond motifs is 14. The van der Waals surface area contributed by atoms with Gasteiger partial charge < -0.3 is 13.4 Å².